The number of carbonyl (C=O) groups excluding carboxylic acids is 1. The van der Waals surface area contributed by atoms with E-state index in [2.05, 4.69) is 5.32 Å². The van der Waals surface area contributed by atoms with E-state index in [0.717, 1.165) is 5.56 Å². The number of benzene rings is 2. The molecule has 0 atom stereocenters. The molecule has 0 aromatic heterocycles. The molecule has 0 spiro atoms. The second kappa shape index (κ2) is 6.50. The Labute approximate surface area is 128 Å². The number of nitrogens with one attached hydrogen (secondary N) is 1. The van der Waals surface area contributed by atoms with Crippen molar-refractivity contribution in [2.24, 2.45) is 0 Å². The van der Waals surface area contributed by atoms with Gasteiger partial charge in [0, 0.05) is 16.3 Å². The van der Waals surface area contributed by atoms with Gasteiger partial charge in [0.05, 0.1) is 14.2 Å². The van der Waals surface area contributed by atoms with Crippen molar-refractivity contribution in [2.75, 3.05) is 19.5 Å². The molecule has 1 amide bonds. The van der Waals surface area contributed by atoms with Crippen LogP contribution in [0.3, 0.4) is 0 Å². The molecule has 4 nitrogen and oxygen atoms in total. The molecule has 110 valence electrons. The molecule has 0 radical (unpaired) electrons. The normalized spacial score (nSPS) is 10.1. The maximum absolute atomic E-state index is 12.3. The summed E-state index contributed by atoms with van der Waals surface area (Å²) in [5.74, 6) is 0.849. The summed E-state index contributed by atoms with van der Waals surface area (Å²) in [7, 11) is 3.08. The highest BCUT2D eigenvalue weighted by atomic mass is 35.5. The van der Waals surface area contributed by atoms with Crippen molar-refractivity contribution in [3.05, 3.63) is 52.5 Å². The Morgan fingerprint density at radius 1 is 1.10 bits per heavy atom. The van der Waals surface area contributed by atoms with Crippen LogP contribution in [0.1, 0.15) is 15.9 Å². The minimum atomic E-state index is -0.235. The van der Waals surface area contributed by atoms with E-state index in [9.17, 15) is 4.79 Å². The molecule has 1 N–H and O–H groups in total. The van der Waals surface area contributed by atoms with Gasteiger partial charge in [-0.25, -0.2) is 0 Å². The molecule has 0 fully saturated rings. The summed E-state index contributed by atoms with van der Waals surface area (Å²) in [6.07, 6.45) is 0. The molecule has 0 aliphatic carbocycles. The predicted molar refractivity (Wildman–Crippen MR) is 83.7 cm³/mol. The lowest BCUT2D eigenvalue weighted by atomic mass is 10.1. The van der Waals surface area contributed by atoms with Crippen LogP contribution in [0.4, 0.5) is 5.69 Å². The summed E-state index contributed by atoms with van der Waals surface area (Å²) in [6.45, 7) is 1.85. The van der Waals surface area contributed by atoms with Crippen molar-refractivity contribution in [1.29, 1.82) is 0 Å². The average molecular weight is 306 g/mol. The zero-order valence-electron chi connectivity index (χ0n) is 12.1. The lowest BCUT2D eigenvalue weighted by molar-refractivity contribution is 0.102. The van der Waals surface area contributed by atoms with Gasteiger partial charge in [-0.1, -0.05) is 17.7 Å². The van der Waals surface area contributed by atoms with Gasteiger partial charge in [0.2, 0.25) is 0 Å². The molecule has 0 saturated carbocycles. The summed E-state index contributed by atoms with van der Waals surface area (Å²) in [5.41, 5.74) is 1.99. The van der Waals surface area contributed by atoms with Crippen molar-refractivity contribution in [1.82, 2.24) is 0 Å². The van der Waals surface area contributed by atoms with Gasteiger partial charge in [-0.3, -0.25) is 4.79 Å². The summed E-state index contributed by atoms with van der Waals surface area (Å²) in [6, 6.07) is 10.4. The fraction of sp³-hybridized carbons (Fsp3) is 0.188. The third-order valence-corrected chi connectivity index (χ3v) is 3.57. The van der Waals surface area contributed by atoms with Crippen LogP contribution in [-0.4, -0.2) is 20.1 Å². The Kier molecular flexibility index (Phi) is 4.70. The molecule has 0 bridgehead atoms. The molecule has 2 aromatic rings. The van der Waals surface area contributed by atoms with Crippen molar-refractivity contribution in [2.45, 2.75) is 6.92 Å². The first kappa shape index (κ1) is 15.2. The van der Waals surface area contributed by atoms with Crippen molar-refractivity contribution < 1.29 is 14.3 Å². The van der Waals surface area contributed by atoms with Crippen LogP contribution < -0.4 is 14.8 Å². The van der Waals surface area contributed by atoms with Gasteiger partial charge in [0.1, 0.15) is 0 Å². The van der Waals surface area contributed by atoms with Gasteiger partial charge in [0.25, 0.3) is 5.91 Å². The monoisotopic (exact) mass is 305 g/mol. The molecule has 0 heterocycles. The first-order valence-electron chi connectivity index (χ1n) is 6.35. The van der Waals surface area contributed by atoms with Gasteiger partial charge in [-0.05, 0) is 42.8 Å². The van der Waals surface area contributed by atoms with Crippen LogP contribution in [0.15, 0.2) is 36.4 Å². The van der Waals surface area contributed by atoms with E-state index in [0.29, 0.717) is 27.8 Å². The Balaban J connectivity index is 2.26. The molecule has 0 unspecified atom stereocenters. The first-order valence-corrected chi connectivity index (χ1v) is 6.73. The SMILES string of the molecule is COc1ccc(C(=O)Nc2cccc(Cl)c2C)cc1OC. The Morgan fingerprint density at radius 3 is 2.48 bits per heavy atom. The number of ether oxygens (including phenoxy) is 2. The summed E-state index contributed by atoms with van der Waals surface area (Å²) < 4.78 is 10.3. The molecule has 21 heavy (non-hydrogen) atoms. The smallest absolute Gasteiger partial charge is 0.255 e. The number of halogens is 1. The molecule has 0 aliphatic rings. The van der Waals surface area contributed by atoms with Crippen LogP contribution in [0.5, 0.6) is 11.5 Å². The van der Waals surface area contributed by atoms with E-state index in [1.165, 1.54) is 7.11 Å². The first-order chi connectivity index (χ1) is 10.1. The molecule has 5 heteroatoms. The van der Waals surface area contributed by atoms with E-state index in [-0.39, 0.29) is 5.91 Å². The fourth-order valence-corrected chi connectivity index (χ4v) is 2.09. The Bertz CT molecular complexity index is 671. The van der Waals surface area contributed by atoms with Gasteiger partial charge in [-0.2, -0.15) is 0 Å². The van der Waals surface area contributed by atoms with E-state index in [1.807, 2.05) is 6.92 Å². The number of hydrogen-bond acceptors (Lipinski definition) is 3. The second-order valence-corrected chi connectivity index (χ2v) is 4.84. The Hall–Kier alpha value is -2.20. The summed E-state index contributed by atoms with van der Waals surface area (Å²) in [5, 5.41) is 3.45. The van der Waals surface area contributed by atoms with E-state index >= 15 is 0 Å². The number of carbonyl (C=O) groups is 1. The van der Waals surface area contributed by atoms with Crippen LogP contribution in [0.25, 0.3) is 0 Å². The summed E-state index contributed by atoms with van der Waals surface area (Å²) in [4.78, 5) is 12.3. The van der Waals surface area contributed by atoms with E-state index in [4.69, 9.17) is 21.1 Å². The van der Waals surface area contributed by atoms with E-state index < -0.39 is 0 Å². The molecule has 2 rings (SSSR count). The standard InChI is InChI=1S/C16H16ClNO3/c1-10-12(17)5-4-6-13(10)18-16(19)11-7-8-14(20-2)15(9-11)21-3/h4-9H,1-3H3,(H,18,19). The van der Waals surface area contributed by atoms with Gasteiger partial charge < -0.3 is 14.8 Å². The third-order valence-electron chi connectivity index (χ3n) is 3.16. The van der Waals surface area contributed by atoms with Crippen LogP contribution >= 0.6 is 11.6 Å². The average Bonchev–Trinajstić information content (AvgIpc) is 2.51. The second-order valence-electron chi connectivity index (χ2n) is 4.44. The van der Waals surface area contributed by atoms with Crippen molar-refractivity contribution >= 4 is 23.2 Å². The van der Waals surface area contributed by atoms with Crippen molar-refractivity contribution in [3.8, 4) is 11.5 Å². The highest BCUT2D eigenvalue weighted by Crippen LogP contribution is 2.28. The van der Waals surface area contributed by atoms with Crippen LogP contribution in [0.2, 0.25) is 5.02 Å². The number of methoxy groups -OCH3 is 2. The van der Waals surface area contributed by atoms with Gasteiger partial charge in [-0.15, -0.1) is 0 Å². The maximum Gasteiger partial charge on any atom is 0.255 e. The summed E-state index contributed by atoms with van der Waals surface area (Å²) >= 11 is 6.04. The number of amides is 1. The Morgan fingerprint density at radius 2 is 1.81 bits per heavy atom. The fourth-order valence-electron chi connectivity index (χ4n) is 1.91. The minimum absolute atomic E-state index is 0.235. The quantitative estimate of drug-likeness (QED) is 0.931. The molecule has 0 saturated heterocycles. The largest absolute Gasteiger partial charge is 0.493 e. The number of hydrogen-bond donors (Lipinski definition) is 1. The third kappa shape index (κ3) is 3.28. The highest BCUT2D eigenvalue weighted by molar-refractivity contribution is 6.31. The topological polar surface area (TPSA) is 47.6 Å². The van der Waals surface area contributed by atoms with Gasteiger partial charge >= 0.3 is 0 Å². The van der Waals surface area contributed by atoms with Crippen LogP contribution in [-0.2, 0) is 0 Å². The van der Waals surface area contributed by atoms with Crippen LogP contribution in [0, 0.1) is 6.92 Å². The highest BCUT2D eigenvalue weighted by Gasteiger charge is 2.12. The molecular weight excluding hydrogens is 290 g/mol. The lowest BCUT2D eigenvalue weighted by Crippen LogP contribution is -2.13. The van der Waals surface area contributed by atoms with E-state index in [1.54, 1.807) is 43.5 Å². The van der Waals surface area contributed by atoms with Crippen molar-refractivity contribution in [3.63, 3.8) is 0 Å². The number of rotatable bonds is 4. The zero-order valence-corrected chi connectivity index (χ0v) is 12.8. The maximum atomic E-state index is 12.3. The molecular formula is C16H16ClNO3. The minimum Gasteiger partial charge on any atom is -0.493 e. The molecule has 0 aliphatic heterocycles. The van der Waals surface area contributed by atoms with Gasteiger partial charge in [0.15, 0.2) is 11.5 Å². The number of anilines is 1. The lowest BCUT2D eigenvalue weighted by Gasteiger charge is -2.11. The molecule has 2 aromatic carbocycles. The predicted octanol–water partition coefficient (Wildman–Crippen LogP) is 3.92. The zero-order chi connectivity index (χ0) is 15.4.